The third kappa shape index (κ3) is 3.39. The standard InChI is InChI=1S/C14H24N2O3/c1-9(10-6-7-10)16(2)14(19)15-8-11-4-3-5-12(11)13(17)18/h9-12H,3-8H2,1-2H3,(H,15,19)(H,17,18). The summed E-state index contributed by atoms with van der Waals surface area (Å²) < 4.78 is 0. The van der Waals surface area contributed by atoms with Gasteiger partial charge in [-0.2, -0.15) is 0 Å². The van der Waals surface area contributed by atoms with Crippen molar-refractivity contribution in [3.8, 4) is 0 Å². The minimum atomic E-state index is -0.726. The molecule has 0 aromatic rings. The van der Waals surface area contributed by atoms with Gasteiger partial charge in [-0.1, -0.05) is 6.42 Å². The number of aliphatic carboxylic acids is 1. The fraction of sp³-hybridized carbons (Fsp3) is 0.857. The van der Waals surface area contributed by atoms with E-state index in [9.17, 15) is 9.59 Å². The summed E-state index contributed by atoms with van der Waals surface area (Å²) in [7, 11) is 1.82. The van der Waals surface area contributed by atoms with Crippen LogP contribution >= 0.6 is 0 Å². The third-order valence-electron chi connectivity index (χ3n) is 4.73. The van der Waals surface area contributed by atoms with E-state index in [2.05, 4.69) is 12.2 Å². The Morgan fingerprint density at radius 1 is 1.32 bits per heavy atom. The minimum Gasteiger partial charge on any atom is -0.481 e. The number of carbonyl (C=O) groups excluding carboxylic acids is 1. The van der Waals surface area contributed by atoms with Crippen molar-refractivity contribution in [2.24, 2.45) is 17.8 Å². The van der Waals surface area contributed by atoms with Crippen molar-refractivity contribution in [1.29, 1.82) is 0 Å². The lowest BCUT2D eigenvalue weighted by Crippen LogP contribution is -2.45. The summed E-state index contributed by atoms with van der Waals surface area (Å²) in [6.07, 6.45) is 5.01. The summed E-state index contributed by atoms with van der Waals surface area (Å²) in [6, 6.07) is 0.203. The Morgan fingerprint density at radius 2 is 2.00 bits per heavy atom. The SMILES string of the molecule is CC(C1CC1)N(C)C(=O)NCC1CCCC1C(=O)O. The molecule has 2 saturated carbocycles. The van der Waals surface area contributed by atoms with E-state index in [4.69, 9.17) is 5.11 Å². The zero-order chi connectivity index (χ0) is 14.0. The van der Waals surface area contributed by atoms with Crippen molar-refractivity contribution in [2.45, 2.75) is 45.1 Å². The van der Waals surface area contributed by atoms with E-state index in [0.29, 0.717) is 12.5 Å². The largest absolute Gasteiger partial charge is 0.481 e. The van der Waals surface area contributed by atoms with Crippen LogP contribution in [0.4, 0.5) is 4.79 Å². The molecule has 3 atom stereocenters. The first kappa shape index (κ1) is 14.2. The maximum atomic E-state index is 12.0. The molecular weight excluding hydrogens is 244 g/mol. The van der Waals surface area contributed by atoms with Crippen LogP contribution in [0.2, 0.25) is 0 Å². The second-order valence-corrected chi connectivity index (χ2v) is 6.01. The lowest BCUT2D eigenvalue weighted by atomic mass is 9.96. The molecule has 0 spiro atoms. The lowest BCUT2D eigenvalue weighted by molar-refractivity contribution is -0.142. The van der Waals surface area contributed by atoms with Crippen LogP contribution in [0.25, 0.3) is 0 Å². The molecule has 2 aliphatic carbocycles. The first-order valence-electron chi connectivity index (χ1n) is 7.24. The summed E-state index contributed by atoms with van der Waals surface area (Å²) in [5.41, 5.74) is 0. The van der Waals surface area contributed by atoms with Crippen molar-refractivity contribution < 1.29 is 14.7 Å². The minimum absolute atomic E-state index is 0.0737. The number of hydrogen-bond donors (Lipinski definition) is 2. The highest BCUT2D eigenvalue weighted by molar-refractivity contribution is 5.74. The predicted octanol–water partition coefficient (Wildman–Crippen LogP) is 1.93. The van der Waals surface area contributed by atoms with Crippen LogP contribution in [0.3, 0.4) is 0 Å². The Kier molecular flexibility index (Phi) is 4.32. The van der Waals surface area contributed by atoms with Gasteiger partial charge in [0.15, 0.2) is 0 Å². The van der Waals surface area contributed by atoms with Crippen LogP contribution < -0.4 is 5.32 Å². The molecule has 5 heteroatoms. The number of rotatable bonds is 5. The number of urea groups is 1. The molecule has 2 N–H and O–H groups in total. The van der Waals surface area contributed by atoms with E-state index in [0.717, 1.165) is 19.3 Å². The number of hydrogen-bond acceptors (Lipinski definition) is 2. The molecule has 0 bridgehead atoms. The molecule has 2 fully saturated rings. The van der Waals surface area contributed by atoms with Gasteiger partial charge >= 0.3 is 12.0 Å². The average molecular weight is 268 g/mol. The van der Waals surface area contributed by atoms with Crippen molar-refractivity contribution in [1.82, 2.24) is 10.2 Å². The van der Waals surface area contributed by atoms with Gasteiger partial charge in [-0.05, 0) is 44.4 Å². The van der Waals surface area contributed by atoms with Crippen LogP contribution in [0.5, 0.6) is 0 Å². The summed E-state index contributed by atoms with van der Waals surface area (Å²) >= 11 is 0. The molecule has 0 radical (unpaired) electrons. The summed E-state index contributed by atoms with van der Waals surface area (Å²) in [4.78, 5) is 24.8. The van der Waals surface area contributed by atoms with E-state index < -0.39 is 5.97 Å². The Morgan fingerprint density at radius 3 is 2.58 bits per heavy atom. The normalized spacial score (nSPS) is 27.9. The third-order valence-corrected chi connectivity index (χ3v) is 4.73. The zero-order valence-electron chi connectivity index (χ0n) is 11.8. The van der Waals surface area contributed by atoms with Gasteiger partial charge in [0.05, 0.1) is 5.92 Å². The van der Waals surface area contributed by atoms with Gasteiger partial charge in [-0.15, -0.1) is 0 Å². The number of amides is 2. The molecular formula is C14H24N2O3. The highest BCUT2D eigenvalue weighted by Gasteiger charge is 2.35. The van der Waals surface area contributed by atoms with Crippen LogP contribution in [0.1, 0.15) is 39.0 Å². The first-order chi connectivity index (χ1) is 9.00. The molecule has 2 aliphatic rings. The van der Waals surface area contributed by atoms with E-state index in [1.54, 1.807) is 4.90 Å². The maximum Gasteiger partial charge on any atom is 0.317 e. The first-order valence-corrected chi connectivity index (χ1v) is 7.24. The average Bonchev–Trinajstić information content (AvgIpc) is 3.12. The maximum absolute atomic E-state index is 12.0. The second-order valence-electron chi connectivity index (χ2n) is 6.01. The van der Waals surface area contributed by atoms with Gasteiger partial charge in [0.2, 0.25) is 0 Å². The number of carboxylic acid groups (broad SMARTS) is 1. The Bertz CT molecular complexity index is 355. The highest BCUT2D eigenvalue weighted by atomic mass is 16.4. The molecule has 108 valence electrons. The molecule has 19 heavy (non-hydrogen) atoms. The van der Waals surface area contributed by atoms with Crippen molar-refractivity contribution >= 4 is 12.0 Å². The number of nitrogens with zero attached hydrogens (tertiary/aromatic N) is 1. The van der Waals surface area contributed by atoms with E-state index in [1.165, 1.54) is 12.8 Å². The Labute approximate surface area is 114 Å². The summed E-state index contributed by atoms with van der Waals surface area (Å²) in [5.74, 6) is -0.275. The number of carboxylic acids is 1. The van der Waals surface area contributed by atoms with Crippen molar-refractivity contribution in [2.75, 3.05) is 13.6 Å². The zero-order valence-corrected chi connectivity index (χ0v) is 11.8. The van der Waals surface area contributed by atoms with Gasteiger partial charge in [-0.25, -0.2) is 4.79 Å². The number of nitrogens with one attached hydrogen (secondary N) is 1. The molecule has 2 rings (SSSR count). The molecule has 0 aliphatic heterocycles. The summed E-state index contributed by atoms with van der Waals surface area (Å²) in [6.45, 7) is 2.56. The molecule has 0 saturated heterocycles. The lowest BCUT2D eigenvalue weighted by Gasteiger charge is -2.26. The Hall–Kier alpha value is -1.26. The second kappa shape index (κ2) is 5.80. The molecule has 0 aromatic heterocycles. The highest BCUT2D eigenvalue weighted by Crippen LogP contribution is 2.35. The predicted molar refractivity (Wildman–Crippen MR) is 71.8 cm³/mol. The van der Waals surface area contributed by atoms with Gasteiger partial charge in [0, 0.05) is 19.6 Å². The monoisotopic (exact) mass is 268 g/mol. The van der Waals surface area contributed by atoms with Crippen molar-refractivity contribution in [3.05, 3.63) is 0 Å². The van der Waals surface area contributed by atoms with E-state index in [-0.39, 0.29) is 23.9 Å². The van der Waals surface area contributed by atoms with Crippen molar-refractivity contribution in [3.63, 3.8) is 0 Å². The number of carbonyl (C=O) groups is 2. The van der Waals surface area contributed by atoms with E-state index in [1.807, 2.05) is 7.05 Å². The van der Waals surface area contributed by atoms with Gasteiger partial charge in [0.25, 0.3) is 0 Å². The molecule has 3 unspecified atom stereocenters. The summed E-state index contributed by atoms with van der Waals surface area (Å²) in [5, 5.41) is 12.0. The van der Waals surface area contributed by atoms with Crippen LogP contribution in [0.15, 0.2) is 0 Å². The van der Waals surface area contributed by atoms with E-state index >= 15 is 0 Å². The topological polar surface area (TPSA) is 69.6 Å². The molecule has 0 aromatic carbocycles. The quantitative estimate of drug-likeness (QED) is 0.800. The van der Waals surface area contributed by atoms with Crippen LogP contribution in [-0.4, -0.2) is 41.6 Å². The fourth-order valence-electron chi connectivity index (χ4n) is 3.03. The smallest absolute Gasteiger partial charge is 0.317 e. The van der Waals surface area contributed by atoms with Gasteiger partial charge < -0.3 is 15.3 Å². The van der Waals surface area contributed by atoms with Crippen LogP contribution in [-0.2, 0) is 4.79 Å². The fourth-order valence-corrected chi connectivity index (χ4v) is 3.03. The van der Waals surface area contributed by atoms with Gasteiger partial charge in [-0.3, -0.25) is 4.79 Å². The van der Waals surface area contributed by atoms with Gasteiger partial charge in [0.1, 0.15) is 0 Å². The Balaban J connectivity index is 1.77. The van der Waals surface area contributed by atoms with Crippen LogP contribution in [0, 0.1) is 17.8 Å². The molecule has 2 amide bonds. The molecule has 0 heterocycles. The molecule has 5 nitrogen and oxygen atoms in total.